The zero-order valence-corrected chi connectivity index (χ0v) is 18.3. The van der Waals surface area contributed by atoms with E-state index in [1.54, 1.807) is 23.1 Å². The van der Waals surface area contributed by atoms with Crippen molar-refractivity contribution in [3.63, 3.8) is 0 Å². The summed E-state index contributed by atoms with van der Waals surface area (Å²) in [5, 5.41) is 0.496. The van der Waals surface area contributed by atoms with Crippen LogP contribution in [0.3, 0.4) is 0 Å². The van der Waals surface area contributed by atoms with E-state index in [1.807, 2.05) is 37.3 Å². The van der Waals surface area contributed by atoms with Gasteiger partial charge >= 0.3 is 0 Å². The summed E-state index contributed by atoms with van der Waals surface area (Å²) in [6, 6.07) is 14.2. The van der Waals surface area contributed by atoms with Crippen LogP contribution in [0.5, 0.6) is 5.75 Å². The summed E-state index contributed by atoms with van der Waals surface area (Å²) in [4.78, 5) is 30.9. The topological polar surface area (TPSA) is 63.0 Å². The second-order valence-electron chi connectivity index (χ2n) is 7.60. The number of amides is 1. The van der Waals surface area contributed by atoms with Crippen LogP contribution in [0.1, 0.15) is 48.5 Å². The van der Waals surface area contributed by atoms with Crippen molar-refractivity contribution in [1.29, 1.82) is 0 Å². The first kappa shape index (κ1) is 21.1. The van der Waals surface area contributed by atoms with E-state index in [0.717, 1.165) is 30.9 Å². The van der Waals surface area contributed by atoms with E-state index in [2.05, 4.69) is 18.7 Å². The van der Waals surface area contributed by atoms with Gasteiger partial charge in [0.25, 0.3) is 5.91 Å². The molecule has 1 atom stereocenters. The predicted molar refractivity (Wildman–Crippen MR) is 121 cm³/mol. The van der Waals surface area contributed by atoms with Gasteiger partial charge in [-0.3, -0.25) is 9.59 Å². The molecule has 0 fully saturated rings. The Morgan fingerprint density at radius 3 is 2.39 bits per heavy atom. The molecule has 0 spiro atoms. The highest BCUT2D eigenvalue weighted by Gasteiger charge is 2.42. The van der Waals surface area contributed by atoms with Gasteiger partial charge in [-0.25, -0.2) is 0 Å². The van der Waals surface area contributed by atoms with E-state index in [0.29, 0.717) is 29.7 Å². The largest absolute Gasteiger partial charge is 0.494 e. The summed E-state index contributed by atoms with van der Waals surface area (Å²) in [6.07, 6.45) is 0. The Kier molecular flexibility index (Phi) is 6.09. The fraction of sp³-hybridized carbons (Fsp3) is 0.360. The summed E-state index contributed by atoms with van der Waals surface area (Å²) in [7, 11) is 0. The van der Waals surface area contributed by atoms with Gasteiger partial charge in [0.15, 0.2) is 5.43 Å². The van der Waals surface area contributed by atoms with Gasteiger partial charge in [0, 0.05) is 13.1 Å². The van der Waals surface area contributed by atoms with Gasteiger partial charge in [0.1, 0.15) is 11.3 Å². The Hall–Kier alpha value is -3.12. The first-order valence-corrected chi connectivity index (χ1v) is 10.9. The van der Waals surface area contributed by atoms with Gasteiger partial charge in [-0.1, -0.05) is 38.1 Å². The Labute approximate surface area is 182 Å². The van der Waals surface area contributed by atoms with E-state index in [1.165, 1.54) is 0 Å². The molecule has 0 aliphatic carbocycles. The van der Waals surface area contributed by atoms with E-state index in [9.17, 15) is 9.59 Å². The molecule has 2 heterocycles. The number of rotatable bonds is 8. The number of likely N-dealkylation sites (N-methyl/N-ethyl adjacent to an activating group) is 1. The molecule has 3 aromatic rings. The molecule has 0 radical (unpaired) electrons. The molecule has 1 amide bonds. The fourth-order valence-corrected chi connectivity index (χ4v) is 4.25. The smallest absolute Gasteiger partial charge is 0.290 e. The highest BCUT2D eigenvalue weighted by molar-refractivity contribution is 5.99. The summed E-state index contributed by atoms with van der Waals surface area (Å²) in [6.45, 7) is 9.77. The molecule has 0 bridgehead atoms. The third-order valence-corrected chi connectivity index (χ3v) is 5.93. The van der Waals surface area contributed by atoms with Crippen molar-refractivity contribution in [3.05, 3.63) is 75.6 Å². The Balaban J connectivity index is 1.82. The van der Waals surface area contributed by atoms with Crippen LogP contribution in [0.4, 0.5) is 0 Å². The van der Waals surface area contributed by atoms with Gasteiger partial charge in [-0.05, 0) is 49.8 Å². The number of fused-ring (bicyclic) bond motifs is 2. The Morgan fingerprint density at radius 2 is 1.71 bits per heavy atom. The number of carbonyl (C=O) groups excluding carboxylic acids is 1. The Morgan fingerprint density at radius 1 is 1.00 bits per heavy atom. The maximum Gasteiger partial charge on any atom is 0.290 e. The molecular formula is C25H28N2O4. The molecule has 31 heavy (non-hydrogen) atoms. The molecule has 6 heteroatoms. The minimum Gasteiger partial charge on any atom is -0.494 e. The van der Waals surface area contributed by atoms with Crippen molar-refractivity contribution < 1.29 is 13.9 Å². The van der Waals surface area contributed by atoms with E-state index in [-0.39, 0.29) is 17.1 Å². The van der Waals surface area contributed by atoms with Crippen LogP contribution in [0, 0.1) is 0 Å². The first-order valence-electron chi connectivity index (χ1n) is 10.9. The van der Waals surface area contributed by atoms with Crippen molar-refractivity contribution in [2.24, 2.45) is 0 Å². The van der Waals surface area contributed by atoms with Crippen LogP contribution in [0.25, 0.3) is 11.0 Å². The molecule has 0 saturated carbocycles. The van der Waals surface area contributed by atoms with Crippen LogP contribution >= 0.6 is 0 Å². The summed E-state index contributed by atoms with van der Waals surface area (Å²) < 4.78 is 11.5. The van der Waals surface area contributed by atoms with E-state index in [4.69, 9.17) is 9.15 Å². The second kappa shape index (κ2) is 8.94. The van der Waals surface area contributed by atoms with Crippen LogP contribution in [-0.4, -0.2) is 48.5 Å². The molecular weight excluding hydrogens is 392 g/mol. The van der Waals surface area contributed by atoms with Crippen LogP contribution < -0.4 is 10.2 Å². The van der Waals surface area contributed by atoms with Gasteiger partial charge in [-0.2, -0.15) is 0 Å². The lowest BCUT2D eigenvalue weighted by molar-refractivity contribution is 0.0708. The lowest BCUT2D eigenvalue weighted by Crippen LogP contribution is -2.37. The van der Waals surface area contributed by atoms with Crippen molar-refractivity contribution in [2.45, 2.75) is 26.8 Å². The molecule has 0 N–H and O–H groups in total. The minimum atomic E-state index is -0.477. The molecule has 162 valence electrons. The lowest BCUT2D eigenvalue weighted by atomic mass is 9.98. The van der Waals surface area contributed by atoms with Gasteiger partial charge in [-0.15, -0.1) is 0 Å². The molecule has 1 aromatic heterocycles. The van der Waals surface area contributed by atoms with Crippen molar-refractivity contribution in [1.82, 2.24) is 9.80 Å². The minimum absolute atomic E-state index is 0.144. The zero-order valence-electron chi connectivity index (χ0n) is 18.3. The number of ether oxygens (including phenoxy) is 1. The van der Waals surface area contributed by atoms with Gasteiger partial charge in [0.2, 0.25) is 5.76 Å². The SMILES string of the molecule is CCOc1ccc([C@H]2c3c(oc4ccccc4c3=O)C(=O)N2CCN(CC)CC)cc1. The fourth-order valence-electron chi connectivity index (χ4n) is 4.25. The maximum atomic E-state index is 13.4. The molecule has 0 saturated heterocycles. The molecule has 0 unspecified atom stereocenters. The highest BCUT2D eigenvalue weighted by Crippen LogP contribution is 2.38. The number of hydrogen-bond donors (Lipinski definition) is 0. The van der Waals surface area contributed by atoms with Crippen LogP contribution in [0.15, 0.2) is 57.7 Å². The standard InChI is InChI=1S/C25H28N2O4/c1-4-26(5-2)15-16-27-22(17-11-13-18(14-12-17)30-6-3)21-23(28)19-9-7-8-10-20(19)31-24(21)25(27)29/h7-14,22H,4-6,15-16H2,1-3H3/t22-/m0/s1. The number of para-hydroxylation sites is 1. The summed E-state index contributed by atoms with van der Waals surface area (Å²) >= 11 is 0. The average molecular weight is 421 g/mol. The lowest BCUT2D eigenvalue weighted by Gasteiger charge is -2.28. The quantitative estimate of drug-likeness (QED) is 0.550. The number of benzene rings is 2. The van der Waals surface area contributed by atoms with Crippen LogP contribution in [0.2, 0.25) is 0 Å². The van der Waals surface area contributed by atoms with Crippen molar-refractivity contribution in [3.8, 4) is 5.75 Å². The van der Waals surface area contributed by atoms with Gasteiger partial charge in [0.05, 0.1) is 23.6 Å². The van der Waals surface area contributed by atoms with E-state index >= 15 is 0 Å². The predicted octanol–water partition coefficient (Wildman–Crippen LogP) is 4.08. The number of hydrogen-bond acceptors (Lipinski definition) is 5. The normalized spacial score (nSPS) is 15.7. The number of carbonyl (C=O) groups is 1. The average Bonchev–Trinajstić information content (AvgIpc) is 3.07. The summed E-state index contributed by atoms with van der Waals surface area (Å²) in [5.41, 5.74) is 1.59. The zero-order chi connectivity index (χ0) is 22.0. The molecule has 2 aromatic carbocycles. The van der Waals surface area contributed by atoms with Crippen LogP contribution in [-0.2, 0) is 0 Å². The monoisotopic (exact) mass is 420 g/mol. The molecule has 1 aliphatic heterocycles. The number of nitrogens with zero attached hydrogens (tertiary/aromatic N) is 2. The molecule has 6 nitrogen and oxygen atoms in total. The van der Waals surface area contributed by atoms with Crippen molar-refractivity contribution >= 4 is 16.9 Å². The third-order valence-electron chi connectivity index (χ3n) is 5.93. The summed E-state index contributed by atoms with van der Waals surface area (Å²) in [5.74, 6) is 0.682. The van der Waals surface area contributed by atoms with Crippen molar-refractivity contribution in [2.75, 3.05) is 32.8 Å². The second-order valence-corrected chi connectivity index (χ2v) is 7.60. The first-order chi connectivity index (χ1) is 15.1. The molecule has 4 rings (SSSR count). The molecule has 1 aliphatic rings. The highest BCUT2D eigenvalue weighted by atomic mass is 16.5. The van der Waals surface area contributed by atoms with Gasteiger partial charge < -0.3 is 19.0 Å². The van der Waals surface area contributed by atoms with E-state index < -0.39 is 6.04 Å². The Bertz CT molecular complexity index is 1130. The maximum absolute atomic E-state index is 13.4. The third kappa shape index (κ3) is 3.83.